The highest BCUT2D eigenvalue weighted by molar-refractivity contribution is 5.94. The molecule has 0 aromatic carbocycles. The summed E-state index contributed by atoms with van der Waals surface area (Å²) in [4.78, 5) is 30.7. The van der Waals surface area contributed by atoms with Crippen molar-refractivity contribution in [1.82, 2.24) is 15.2 Å². The zero-order valence-electron chi connectivity index (χ0n) is 14.6. The van der Waals surface area contributed by atoms with Crippen LogP contribution in [0, 0.1) is 5.92 Å². The Balaban J connectivity index is 1.93. The van der Waals surface area contributed by atoms with Crippen LogP contribution in [0.15, 0.2) is 24.5 Å². The number of carbonyl (C=O) groups is 2. The predicted molar refractivity (Wildman–Crippen MR) is 93.4 cm³/mol. The van der Waals surface area contributed by atoms with E-state index in [1.165, 1.54) is 0 Å². The highest BCUT2D eigenvalue weighted by Crippen LogP contribution is 2.19. The van der Waals surface area contributed by atoms with E-state index >= 15 is 0 Å². The van der Waals surface area contributed by atoms with E-state index in [2.05, 4.69) is 10.3 Å². The van der Waals surface area contributed by atoms with Crippen LogP contribution < -0.4 is 11.1 Å². The van der Waals surface area contributed by atoms with E-state index in [-0.39, 0.29) is 23.3 Å². The Kier molecular flexibility index (Phi) is 6.31. The molecule has 6 nitrogen and oxygen atoms in total. The van der Waals surface area contributed by atoms with Gasteiger partial charge in [0, 0.05) is 43.1 Å². The number of aromatic nitrogens is 1. The lowest BCUT2D eigenvalue weighted by molar-refractivity contribution is -0.126. The number of likely N-dealkylation sites (tertiary alicyclic amines) is 1. The lowest BCUT2D eigenvalue weighted by atomic mass is 9.92. The van der Waals surface area contributed by atoms with Crippen molar-refractivity contribution in [2.75, 3.05) is 19.6 Å². The summed E-state index contributed by atoms with van der Waals surface area (Å²) in [7, 11) is 0. The van der Waals surface area contributed by atoms with Crippen LogP contribution in [0.4, 0.5) is 0 Å². The molecule has 1 unspecified atom stereocenters. The first kappa shape index (κ1) is 18.4. The summed E-state index contributed by atoms with van der Waals surface area (Å²) in [5, 5.41) is 2.98. The van der Waals surface area contributed by atoms with Gasteiger partial charge in [0.1, 0.15) is 0 Å². The fourth-order valence-corrected chi connectivity index (χ4v) is 2.96. The molecule has 1 saturated heterocycles. The van der Waals surface area contributed by atoms with Gasteiger partial charge in [-0.2, -0.15) is 0 Å². The van der Waals surface area contributed by atoms with Gasteiger partial charge in [-0.1, -0.05) is 13.8 Å². The third-order valence-corrected chi connectivity index (χ3v) is 5.03. The number of nitrogens with two attached hydrogens (primary N) is 1. The van der Waals surface area contributed by atoms with E-state index in [1.807, 2.05) is 13.8 Å². The van der Waals surface area contributed by atoms with E-state index in [9.17, 15) is 9.59 Å². The Hall–Kier alpha value is -1.95. The first-order valence-corrected chi connectivity index (χ1v) is 8.75. The predicted octanol–water partition coefficient (Wildman–Crippen LogP) is 1.57. The zero-order chi connectivity index (χ0) is 17.6. The van der Waals surface area contributed by atoms with Crippen molar-refractivity contribution in [2.45, 2.75) is 45.1 Å². The first-order chi connectivity index (χ1) is 11.5. The Bertz CT molecular complexity index is 557. The SMILES string of the molecule is CCC(N)(CC)CNC(=O)C1CCCN(C(=O)c2ccncc2)C1. The lowest BCUT2D eigenvalue weighted by Crippen LogP contribution is -2.52. The van der Waals surface area contributed by atoms with Crippen LogP contribution >= 0.6 is 0 Å². The quantitative estimate of drug-likeness (QED) is 0.827. The first-order valence-electron chi connectivity index (χ1n) is 8.75. The molecule has 0 saturated carbocycles. The van der Waals surface area contributed by atoms with Crippen LogP contribution in [0.25, 0.3) is 0 Å². The minimum Gasteiger partial charge on any atom is -0.354 e. The molecule has 0 bridgehead atoms. The minimum absolute atomic E-state index is 0.000969. The fraction of sp³-hybridized carbons (Fsp3) is 0.611. The Morgan fingerprint density at radius 3 is 2.62 bits per heavy atom. The maximum absolute atomic E-state index is 12.5. The number of nitrogens with one attached hydrogen (secondary N) is 1. The summed E-state index contributed by atoms with van der Waals surface area (Å²) in [6, 6.07) is 3.41. The Labute approximate surface area is 143 Å². The van der Waals surface area contributed by atoms with Crippen LogP contribution in [0.2, 0.25) is 0 Å². The van der Waals surface area contributed by atoms with Crippen molar-refractivity contribution in [3.05, 3.63) is 30.1 Å². The van der Waals surface area contributed by atoms with Gasteiger partial charge < -0.3 is 16.0 Å². The highest BCUT2D eigenvalue weighted by atomic mass is 16.2. The second-order valence-electron chi connectivity index (χ2n) is 6.61. The minimum atomic E-state index is -0.350. The second kappa shape index (κ2) is 8.24. The number of amides is 2. The van der Waals surface area contributed by atoms with E-state index in [0.717, 1.165) is 25.7 Å². The van der Waals surface area contributed by atoms with Gasteiger partial charge in [0.15, 0.2) is 0 Å². The van der Waals surface area contributed by atoms with Crippen LogP contribution in [0.5, 0.6) is 0 Å². The average molecular weight is 332 g/mol. The van der Waals surface area contributed by atoms with E-state index < -0.39 is 0 Å². The number of nitrogens with zero attached hydrogens (tertiary/aromatic N) is 2. The molecule has 1 fully saturated rings. The molecule has 2 rings (SSSR count). The second-order valence-corrected chi connectivity index (χ2v) is 6.61. The fourth-order valence-electron chi connectivity index (χ4n) is 2.96. The third kappa shape index (κ3) is 4.54. The van der Waals surface area contributed by atoms with Gasteiger partial charge >= 0.3 is 0 Å². The van der Waals surface area contributed by atoms with Gasteiger partial charge in [0.2, 0.25) is 5.91 Å². The number of carbonyl (C=O) groups excluding carboxylic acids is 2. The number of hydrogen-bond donors (Lipinski definition) is 2. The van der Waals surface area contributed by atoms with Crippen LogP contribution in [0.1, 0.15) is 49.9 Å². The van der Waals surface area contributed by atoms with Crippen molar-refractivity contribution in [1.29, 1.82) is 0 Å². The monoisotopic (exact) mass is 332 g/mol. The van der Waals surface area contributed by atoms with Crippen molar-refractivity contribution in [2.24, 2.45) is 11.7 Å². The molecule has 2 heterocycles. The van der Waals surface area contributed by atoms with Gasteiger partial charge in [-0.25, -0.2) is 0 Å². The van der Waals surface area contributed by atoms with Gasteiger partial charge in [0.25, 0.3) is 5.91 Å². The number of hydrogen-bond acceptors (Lipinski definition) is 4. The standard InChI is InChI=1S/C18H28N4O2/c1-3-18(19,4-2)13-21-16(23)15-6-5-11-22(12-15)17(24)14-7-9-20-10-8-14/h7-10,15H,3-6,11-13,19H2,1-2H3,(H,21,23). The summed E-state index contributed by atoms with van der Waals surface area (Å²) < 4.78 is 0. The van der Waals surface area contributed by atoms with Gasteiger partial charge in [-0.3, -0.25) is 14.6 Å². The molecule has 1 aromatic heterocycles. The molecule has 1 aromatic rings. The molecule has 6 heteroatoms. The molecule has 0 aliphatic carbocycles. The summed E-state index contributed by atoms with van der Waals surface area (Å²) in [5.41, 5.74) is 6.51. The zero-order valence-corrected chi connectivity index (χ0v) is 14.6. The molecule has 0 radical (unpaired) electrons. The summed E-state index contributed by atoms with van der Waals surface area (Å²) in [6.45, 7) is 5.70. The molecule has 132 valence electrons. The number of rotatable bonds is 6. The molecule has 3 N–H and O–H groups in total. The third-order valence-electron chi connectivity index (χ3n) is 5.03. The lowest BCUT2D eigenvalue weighted by Gasteiger charge is -2.33. The largest absolute Gasteiger partial charge is 0.354 e. The molecular weight excluding hydrogens is 304 g/mol. The number of pyridine rings is 1. The van der Waals surface area contributed by atoms with Crippen molar-refractivity contribution < 1.29 is 9.59 Å². The van der Waals surface area contributed by atoms with E-state index in [0.29, 0.717) is 25.2 Å². The van der Waals surface area contributed by atoms with E-state index in [4.69, 9.17) is 5.73 Å². The molecule has 24 heavy (non-hydrogen) atoms. The maximum Gasteiger partial charge on any atom is 0.253 e. The van der Waals surface area contributed by atoms with Crippen LogP contribution in [-0.4, -0.2) is 46.9 Å². The molecular formula is C18H28N4O2. The summed E-state index contributed by atoms with van der Waals surface area (Å²) >= 11 is 0. The Morgan fingerprint density at radius 1 is 1.33 bits per heavy atom. The van der Waals surface area contributed by atoms with Gasteiger partial charge in [-0.15, -0.1) is 0 Å². The normalized spacial score (nSPS) is 18.3. The molecule has 1 atom stereocenters. The molecule has 2 amide bonds. The van der Waals surface area contributed by atoms with E-state index in [1.54, 1.807) is 29.4 Å². The van der Waals surface area contributed by atoms with Crippen molar-refractivity contribution in [3.8, 4) is 0 Å². The van der Waals surface area contributed by atoms with Crippen molar-refractivity contribution >= 4 is 11.8 Å². The highest BCUT2D eigenvalue weighted by Gasteiger charge is 2.30. The molecule has 1 aliphatic rings. The smallest absolute Gasteiger partial charge is 0.253 e. The number of piperidine rings is 1. The molecule has 0 spiro atoms. The van der Waals surface area contributed by atoms with Gasteiger partial charge in [0.05, 0.1) is 5.92 Å². The summed E-state index contributed by atoms with van der Waals surface area (Å²) in [6.07, 6.45) is 6.50. The van der Waals surface area contributed by atoms with Crippen LogP contribution in [-0.2, 0) is 4.79 Å². The average Bonchev–Trinajstić information content (AvgIpc) is 2.66. The summed E-state index contributed by atoms with van der Waals surface area (Å²) in [5.74, 6) is -0.202. The van der Waals surface area contributed by atoms with Crippen LogP contribution in [0.3, 0.4) is 0 Å². The van der Waals surface area contributed by atoms with Crippen molar-refractivity contribution in [3.63, 3.8) is 0 Å². The van der Waals surface area contributed by atoms with Gasteiger partial charge in [-0.05, 0) is 37.8 Å². The Morgan fingerprint density at radius 2 is 2.00 bits per heavy atom. The maximum atomic E-state index is 12.5. The topological polar surface area (TPSA) is 88.3 Å². The molecule has 1 aliphatic heterocycles.